The average Bonchev–Trinajstić information content (AvgIpc) is 1.59. The second-order valence-corrected chi connectivity index (χ2v) is 6.03. The topological polar surface area (TPSA) is 43.1 Å². The predicted octanol–water partition coefficient (Wildman–Crippen LogP) is 0.958. The van der Waals surface area contributed by atoms with Gasteiger partial charge in [0.1, 0.15) is 0 Å². The first-order valence-corrected chi connectivity index (χ1v) is 5.59. The zero-order valence-corrected chi connectivity index (χ0v) is 6.45. The summed E-state index contributed by atoms with van der Waals surface area (Å²) >= 11 is 0. The van der Waals surface area contributed by atoms with E-state index in [9.17, 15) is 4.57 Å². The fraction of sp³-hybridized carbons (Fsp3) is 1.00. The lowest BCUT2D eigenvalue weighted by Crippen LogP contribution is -2.01. The van der Waals surface area contributed by atoms with Gasteiger partial charge in [-0.25, -0.2) is 0 Å². The van der Waals surface area contributed by atoms with Crippen molar-refractivity contribution in [3.8, 4) is 0 Å². The smallest absolute Gasteiger partial charge is 0.0819 e. The molecule has 0 amide bonds. The Morgan fingerprint density at radius 2 is 2.00 bits per heavy atom. The third kappa shape index (κ3) is 6.19. The molecule has 0 saturated carbocycles. The second kappa shape index (κ2) is 3.26. The van der Waals surface area contributed by atoms with Crippen LogP contribution in [0.5, 0.6) is 0 Å². The van der Waals surface area contributed by atoms with E-state index in [1.807, 2.05) is 0 Å². The van der Waals surface area contributed by atoms with Crippen LogP contribution in [0, 0.1) is 0 Å². The number of rotatable bonds is 3. The molecule has 0 aromatic rings. The van der Waals surface area contributed by atoms with Crippen LogP contribution in [-0.2, 0) is 4.57 Å². The van der Waals surface area contributed by atoms with Crippen LogP contribution in [0.15, 0.2) is 0 Å². The van der Waals surface area contributed by atoms with Gasteiger partial charge in [0.2, 0.25) is 0 Å². The average molecular weight is 135 g/mol. The van der Waals surface area contributed by atoms with Gasteiger partial charge in [0, 0.05) is 6.16 Å². The van der Waals surface area contributed by atoms with Crippen molar-refractivity contribution >= 4 is 7.14 Å². The van der Waals surface area contributed by atoms with Gasteiger partial charge in [-0.15, -0.1) is 0 Å². The van der Waals surface area contributed by atoms with E-state index in [0.29, 0.717) is 6.54 Å². The van der Waals surface area contributed by atoms with Crippen molar-refractivity contribution in [3.63, 3.8) is 0 Å². The molecule has 0 atom stereocenters. The summed E-state index contributed by atoms with van der Waals surface area (Å²) in [6, 6.07) is 0. The van der Waals surface area contributed by atoms with Gasteiger partial charge in [-0.2, -0.15) is 0 Å². The van der Waals surface area contributed by atoms with Gasteiger partial charge in [-0.1, -0.05) is 0 Å². The van der Waals surface area contributed by atoms with Crippen molar-refractivity contribution in [2.45, 2.75) is 6.42 Å². The molecule has 0 saturated heterocycles. The maximum atomic E-state index is 10.9. The van der Waals surface area contributed by atoms with Crippen LogP contribution in [0.4, 0.5) is 0 Å². The molecule has 2 nitrogen and oxygen atoms in total. The Labute approximate surface area is 50.8 Å². The van der Waals surface area contributed by atoms with Crippen LogP contribution in [0.2, 0.25) is 0 Å². The summed E-state index contributed by atoms with van der Waals surface area (Å²) in [5.41, 5.74) is 5.21. The van der Waals surface area contributed by atoms with E-state index < -0.39 is 7.14 Å². The molecule has 3 heteroatoms. The Hall–Kier alpha value is 0.190. The Morgan fingerprint density at radius 1 is 1.50 bits per heavy atom. The van der Waals surface area contributed by atoms with Crippen molar-refractivity contribution in [2.24, 2.45) is 5.73 Å². The molecule has 0 spiro atoms. The summed E-state index contributed by atoms with van der Waals surface area (Å²) in [6.07, 6.45) is 1.69. The van der Waals surface area contributed by atoms with Gasteiger partial charge in [0.25, 0.3) is 0 Å². The van der Waals surface area contributed by atoms with Crippen molar-refractivity contribution in [1.82, 2.24) is 0 Å². The molecule has 50 valence electrons. The SMILES string of the molecule is CP(C)(=O)CCCN. The molecule has 0 fully saturated rings. The maximum absolute atomic E-state index is 10.9. The molecule has 0 rings (SSSR count). The standard InChI is InChI=1S/C5H14NOP/c1-8(2,7)5-3-4-6/h3-6H2,1-2H3. The molecule has 0 bridgehead atoms. The third-order valence-electron chi connectivity index (χ3n) is 0.901. The van der Waals surface area contributed by atoms with Crippen LogP contribution in [0.3, 0.4) is 0 Å². The first kappa shape index (κ1) is 8.19. The molecule has 0 aromatic carbocycles. The van der Waals surface area contributed by atoms with Gasteiger partial charge < -0.3 is 10.3 Å². The molecule has 0 aliphatic heterocycles. The largest absolute Gasteiger partial charge is 0.330 e. The maximum Gasteiger partial charge on any atom is 0.0819 e. The zero-order chi connectivity index (χ0) is 6.62. The third-order valence-corrected chi connectivity index (χ3v) is 2.29. The van der Waals surface area contributed by atoms with Crippen LogP contribution in [0.1, 0.15) is 6.42 Å². The Bertz CT molecular complexity index is 96.6. The summed E-state index contributed by atoms with van der Waals surface area (Å²) in [5.74, 6) is 0. The molecule has 0 heterocycles. The molecule has 0 aliphatic rings. The normalized spacial score (nSPS) is 11.9. The minimum Gasteiger partial charge on any atom is -0.330 e. The van der Waals surface area contributed by atoms with E-state index >= 15 is 0 Å². The predicted molar refractivity (Wildman–Crippen MR) is 38.0 cm³/mol. The number of hydrogen-bond acceptors (Lipinski definition) is 2. The highest BCUT2D eigenvalue weighted by atomic mass is 31.2. The van der Waals surface area contributed by atoms with E-state index in [1.54, 1.807) is 13.3 Å². The Kier molecular flexibility index (Phi) is 3.34. The second-order valence-electron chi connectivity index (χ2n) is 2.44. The van der Waals surface area contributed by atoms with Crippen LogP contribution < -0.4 is 5.73 Å². The van der Waals surface area contributed by atoms with Gasteiger partial charge >= 0.3 is 0 Å². The highest BCUT2D eigenvalue weighted by Gasteiger charge is 2.03. The fourth-order valence-corrected chi connectivity index (χ4v) is 1.42. The lowest BCUT2D eigenvalue weighted by Gasteiger charge is -2.02. The first-order chi connectivity index (χ1) is 3.56. The summed E-state index contributed by atoms with van der Waals surface area (Å²) in [6.45, 7) is 4.25. The minimum absolute atomic E-state index is 0.658. The molecule has 0 unspecified atom stereocenters. The fourth-order valence-electron chi connectivity index (χ4n) is 0.472. The van der Waals surface area contributed by atoms with Gasteiger partial charge in [-0.05, 0) is 26.3 Å². The molecular weight excluding hydrogens is 121 g/mol. The summed E-state index contributed by atoms with van der Waals surface area (Å²) in [7, 11) is -1.76. The van der Waals surface area contributed by atoms with Crippen molar-refractivity contribution in [1.29, 1.82) is 0 Å². The van der Waals surface area contributed by atoms with Crippen molar-refractivity contribution < 1.29 is 4.57 Å². The van der Waals surface area contributed by atoms with E-state index in [2.05, 4.69) is 0 Å². The molecule has 0 radical (unpaired) electrons. The van der Waals surface area contributed by atoms with Crippen LogP contribution in [-0.4, -0.2) is 26.0 Å². The minimum atomic E-state index is -1.76. The summed E-state index contributed by atoms with van der Waals surface area (Å²) in [5, 5.41) is 0. The van der Waals surface area contributed by atoms with Crippen molar-refractivity contribution in [3.05, 3.63) is 0 Å². The van der Waals surface area contributed by atoms with E-state index in [-0.39, 0.29) is 0 Å². The lowest BCUT2D eigenvalue weighted by molar-refractivity contribution is 0.581. The highest BCUT2D eigenvalue weighted by molar-refractivity contribution is 7.62. The zero-order valence-electron chi connectivity index (χ0n) is 5.55. The summed E-state index contributed by atoms with van der Waals surface area (Å²) < 4.78 is 10.9. The van der Waals surface area contributed by atoms with Gasteiger partial charge in [0.05, 0.1) is 7.14 Å². The summed E-state index contributed by atoms with van der Waals surface area (Å²) in [4.78, 5) is 0. The Balaban J connectivity index is 3.26. The van der Waals surface area contributed by atoms with Crippen LogP contribution >= 0.6 is 7.14 Å². The van der Waals surface area contributed by atoms with E-state index in [0.717, 1.165) is 12.6 Å². The number of nitrogens with two attached hydrogens (primary N) is 1. The highest BCUT2D eigenvalue weighted by Crippen LogP contribution is 2.35. The first-order valence-electron chi connectivity index (χ1n) is 2.80. The molecular formula is C5H14NOP. The van der Waals surface area contributed by atoms with Gasteiger partial charge in [-0.3, -0.25) is 0 Å². The van der Waals surface area contributed by atoms with E-state index in [4.69, 9.17) is 5.73 Å². The molecule has 0 aliphatic carbocycles. The Morgan fingerprint density at radius 3 is 2.12 bits per heavy atom. The molecule has 8 heavy (non-hydrogen) atoms. The number of hydrogen-bond donors (Lipinski definition) is 1. The molecule has 2 N–H and O–H groups in total. The monoisotopic (exact) mass is 135 g/mol. The van der Waals surface area contributed by atoms with Crippen LogP contribution in [0.25, 0.3) is 0 Å². The quantitative estimate of drug-likeness (QED) is 0.585. The molecule has 0 aromatic heterocycles. The van der Waals surface area contributed by atoms with Crippen molar-refractivity contribution in [2.75, 3.05) is 26.0 Å². The lowest BCUT2D eigenvalue weighted by atomic mass is 10.5. The van der Waals surface area contributed by atoms with Gasteiger partial charge in [0.15, 0.2) is 0 Å². The van der Waals surface area contributed by atoms with E-state index in [1.165, 1.54) is 0 Å².